The summed E-state index contributed by atoms with van der Waals surface area (Å²) in [6, 6.07) is 1.24. The van der Waals surface area contributed by atoms with Crippen LogP contribution in [-0.4, -0.2) is 85.7 Å². The number of carbonyl (C=O) groups is 2. The van der Waals surface area contributed by atoms with Gasteiger partial charge >= 0.3 is 33.3 Å². The van der Waals surface area contributed by atoms with Crippen LogP contribution in [0.15, 0.2) is 77.8 Å². The first kappa shape index (κ1) is 60.6. The van der Waals surface area contributed by atoms with Crippen molar-refractivity contribution in [1.82, 2.24) is 9.55 Å². The van der Waals surface area contributed by atoms with Crippen LogP contribution in [0.5, 0.6) is 0 Å². The third kappa shape index (κ3) is 28.8. The van der Waals surface area contributed by atoms with Crippen molar-refractivity contribution >= 4 is 33.4 Å². The van der Waals surface area contributed by atoms with Crippen LogP contribution in [0.3, 0.4) is 0 Å². The number of ether oxygens (including phenoxy) is 3. The molecule has 0 radical (unpaired) electrons. The van der Waals surface area contributed by atoms with Gasteiger partial charge in [-0.25, -0.2) is 13.9 Å². The SMILES string of the molecule is CC/C=C\C/C=C\C/C=C\CCCCCCCC(=O)O[C@H](COC(=O)CCCCCCC/C=C\C/C=C\CCCCC)COP(=O)(O)OP(=O)(O)OC[C@H]1O[C@@H](n2ccc(N)nc2=O)C(O)[C@H]1O. The first-order valence-corrected chi connectivity index (χ1v) is 27.3. The van der Waals surface area contributed by atoms with Crippen LogP contribution in [0.1, 0.15) is 161 Å². The van der Waals surface area contributed by atoms with Crippen LogP contribution in [0.4, 0.5) is 5.82 Å². The quantitative estimate of drug-likeness (QED) is 0.0178. The van der Waals surface area contributed by atoms with E-state index in [0.29, 0.717) is 12.8 Å². The highest BCUT2D eigenvalue weighted by atomic mass is 31.3. The van der Waals surface area contributed by atoms with Crippen LogP contribution in [0.2, 0.25) is 0 Å². The van der Waals surface area contributed by atoms with Crippen molar-refractivity contribution in [3.8, 4) is 0 Å². The third-order valence-electron chi connectivity index (χ3n) is 10.6. The van der Waals surface area contributed by atoms with E-state index in [9.17, 15) is 43.5 Å². The largest absolute Gasteiger partial charge is 0.481 e. The summed E-state index contributed by atoms with van der Waals surface area (Å²) in [5, 5.41) is 20.9. The number of rotatable bonds is 39. The fourth-order valence-electron chi connectivity index (χ4n) is 6.83. The van der Waals surface area contributed by atoms with E-state index in [-0.39, 0.29) is 18.7 Å². The van der Waals surface area contributed by atoms with E-state index in [1.54, 1.807) is 0 Å². The number of aliphatic hydroxyl groups is 2. The molecule has 68 heavy (non-hydrogen) atoms. The highest BCUT2D eigenvalue weighted by molar-refractivity contribution is 7.61. The summed E-state index contributed by atoms with van der Waals surface area (Å²) in [7, 11) is -10.9. The number of nitrogens with two attached hydrogens (primary N) is 1. The lowest BCUT2D eigenvalue weighted by Crippen LogP contribution is -2.36. The molecule has 0 aromatic carbocycles. The molecule has 1 aromatic rings. The molecule has 0 amide bonds. The third-order valence-corrected chi connectivity index (χ3v) is 13.2. The number of aliphatic hydroxyl groups excluding tert-OH is 2. The van der Waals surface area contributed by atoms with Crippen molar-refractivity contribution in [2.24, 2.45) is 0 Å². The molecule has 1 aliphatic rings. The van der Waals surface area contributed by atoms with Gasteiger partial charge in [0.05, 0.1) is 13.2 Å². The maximum Gasteiger partial charge on any atom is 0.481 e. The normalized spacial score (nSPS) is 20.0. The molecule has 20 heteroatoms. The number of hydrogen-bond donors (Lipinski definition) is 5. The molecule has 3 unspecified atom stereocenters. The summed E-state index contributed by atoms with van der Waals surface area (Å²) in [6.45, 7) is 1.97. The van der Waals surface area contributed by atoms with Crippen molar-refractivity contribution in [3.05, 3.63) is 83.5 Å². The fraction of sp³-hybridized carbons (Fsp3) is 0.667. The van der Waals surface area contributed by atoms with Crippen LogP contribution < -0.4 is 11.4 Å². The Kier molecular flexibility index (Phi) is 32.4. The summed E-state index contributed by atoms with van der Waals surface area (Å²) >= 11 is 0. The van der Waals surface area contributed by atoms with Gasteiger partial charge in [0, 0.05) is 19.0 Å². The van der Waals surface area contributed by atoms with Gasteiger partial charge in [0.25, 0.3) is 0 Å². The molecule has 1 fully saturated rings. The van der Waals surface area contributed by atoms with E-state index in [1.807, 2.05) is 0 Å². The maximum atomic E-state index is 12.8. The summed E-state index contributed by atoms with van der Waals surface area (Å²) in [4.78, 5) is 61.8. The molecule has 18 nitrogen and oxygen atoms in total. The lowest BCUT2D eigenvalue weighted by atomic mass is 10.1. The zero-order chi connectivity index (χ0) is 49.9. The number of esters is 2. The molecule has 0 bridgehead atoms. The van der Waals surface area contributed by atoms with Crippen LogP contribution in [0.25, 0.3) is 0 Å². The minimum absolute atomic E-state index is 0.0250. The van der Waals surface area contributed by atoms with E-state index in [4.69, 9.17) is 29.0 Å². The topological polar surface area (TPSA) is 265 Å². The standard InChI is InChI=1S/C48H79N3O15P2/c1-3-5-7-9-11-13-15-17-19-21-23-25-27-29-31-33-43(52)61-37-40(64-44(53)34-32-30-28-26-24-22-20-18-16-14-12-10-8-6-4-2)38-62-67(57,58)66-68(59,60)63-39-41-45(54)46(55)47(65-41)51-36-35-42(49)50-48(51)56/h6,8,11-14,17-20,35-36,40-41,45-47,54-55H,3-5,7,9-10,15-16,21-34,37-39H2,1-2H3,(H,57,58)(H,59,60)(H2,49,50,56)/b8-6-,13-11-,14-12-,19-17-,20-18-/t40-,41-,45+,46?,47-/m1/s1. The Morgan fingerprint density at radius 1 is 0.721 bits per heavy atom. The predicted molar refractivity (Wildman–Crippen MR) is 261 cm³/mol. The number of carbonyl (C=O) groups excluding carboxylic acids is 2. The Balaban J connectivity index is 1.83. The molecule has 1 aromatic heterocycles. The molecule has 2 heterocycles. The lowest BCUT2D eigenvalue weighted by Gasteiger charge is -2.21. The number of nitrogens with zero attached hydrogens (tertiary/aromatic N) is 2. The zero-order valence-electron chi connectivity index (χ0n) is 40.1. The molecular weight excluding hydrogens is 920 g/mol. The van der Waals surface area contributed by atoms with Crippen molar-refractivity contribution in [2.75, 3.05) is 25.6 Å². The number of nitrogen functional groups attached to an aromatic ring is 1. The molecule has 7 atom stereocenters. The Morgan fingerprint density at radius 2 is 1.24 bits per heavy atom. The van der Waals surface area contributed by atoms with Crippen molar-refractivity contribution in [3.63, 3.8) is 0 Å². The van der Waals surface area contributed by atoms with Crippen LogP contribution in [0, 0.1) is 0 Å². The lowest BCUT2D eigenvalue weighted by molar-refractivity contribution is -0.161. The van der Waals surface area contributed by atoms with Gasteiger partial charge in [-0.05, 0) is 83.1 Å². The van der Waals surface area contributed by atoms with Gasteiger partial charge in [0.2, 0.25) is 0 Å². The maximum absolute atomic E-state index is 12.8. The van der Waals surface area contributed by atoms with Gasteiger partial charge < -0.3 is 39.9 Å². The first-order chi connectivity index (χ1) is 32.7. The molecule has 0 spiro atoms. The second-order valence-corrected chi connectivity index (χ2v) is 19.6. The van der Waals surface area contributed by atoms with Gasteiger partial charge in [-0.15, -0.1) is 0 Å². The van der Waals surface area contributed by atoms with Gasteiger partial charge in [0.15, 0.2) is 12.3 Å². The molecule has 386 valence electrons. The number of hydrogen-bond acceptors (Lipinski definition) is 15. The first-order valence-electron chi connectivity index (χ1n) is 24.3. The molecule has 6 N–H and O–H groups in total. The number of phosphoric acid groups is 2. The summed E-state index contributed by atoms with van der Waals surface area (Å²) in [6.07, 6.45) is 34.5. The molecular formula is C48H79N3O15P2. The van der Waals surface area contributed by atoms with Crippen molar-refractivity contribution < 1.29 is 66.3 Å². The van der Waals surface area contributed by atoms with E-state index >= 15 is 0 Å². The minimum atomic E-state index is -5.43. The highest BCUT2D eigenvalue weighted by Crippen LogP contribution is 2.60. The molecule has 1 saturated heterocycles. The molecule has 0 aliphatic carbocycles. The van der Waals surface area contributed by atoms with Gasteiger partial charge in [-0.1, -0.05) is 126 Å². The molecule has 2 rings (SSSR count). The molecule has 0 saturated carbocycles. The Bertz CT molecular complexity index is 1870. The minimum Gasteiger partial charge on any atom is -0.462 e. The zero-order valence-corrected chi connectivity index (χ0v) is 41.9. The smallest absolute Gasteiger partial charge is 0.462 e. The summed E-state index contributed by atoms with van der Waals surface area (Å²) < 4.78 is 56.7. The number of phosphoric ester groups is 2. The predicted octanol–water partition coefficient (Wildman–Crippen LogP) is 9.55. The number of unbranched alkanes of at least 4 members (excludes halogenated alkanes) is 13. The summed E-state index contributed by atoms with van der Waals surface area (Å²) in [5.41, 5.74) is 4.58. The van der Waals surface area contributed by atoms with Crippen LogP contribution in [-0.2, 0) is 46.3 Å². The number of allylic oxidation sites excluding steroid dienone is 10. The van der Waals surface area contributed by atoms with Crippen molar-refractivity contribution in [1.29, 1.82) is 0 Å². The van der Waals surface area contributed by atoms with Gasteiger partial charge in [-0.3, -0.25) is 23.2 Å². The van der Waals surface area contributed by atoms with E-state index < -0.39 is 83.7 Å². The monoisotopic (exact) mass is 999 g/mol. The Labute approximate surface area is 402 Å². The van der Waals surface area contributed by atoms with E-state index in [2.05, 4.69) is 83.9 Å². The van der Waals surface area contributed by atoms with Gasteiger partial charge in [-0.2, -0.15) is 9.29 Å². The number of anilines is 1. The Hall–Kier alpha value is -3.54. The summed E-state index contributed by atoms with van der Waals surface area (Å²) in [5.74, 6) is -1.34. The Morgan fingerprint density at radius 3 is 1.81 bits per heavy atom. The van der Waals surface area contributed by atoms with Gasteiger partial charge in [0.1, 0.15) is 30.7 Å². The second kappa shape index (κ2) is 36.4. The fourth-order valence-corrected chi connectivity index (χ4v) is 8.94. The second-order valence-electron chi connectivity index (χ2n) is 16.6. The van der Waals surface area contributed by atoms with E-state index in [1.165, 1.54) is 25.3 Å². The van der Waals surface area contributed by atoms with E-state index in [0.717, 1.165) is 107 Å². The van der Waals surface area contributed by atoms with Crippen molar-refractivity contribution in [2.45, 2.75) is 186 Å². The average molecular weight is 1000 g/mol. The number of aromatic nitrogens is 2. The highest BCUT2D eigenvalue weighted by Gasteiger charge is 2.46. The van der Waals surface area contributed by atoms with Crippen LogP contribution >= 0.6 is 15.6 Å². The average Bonchev–Trinajstić information content (AvgIpc) is 3.57. The molecule has 1 aliphatic heterocycles.